The Morgan fingerprint density at radius 1 is 1.04 bits per heavy atom. The number of amides is 1. The minimum absolute atomic E-state index is 0.0323. The number of para-hydroxylation sites is 2. The number of aryl methyl sites for hydroxylation is 1. The number of nitrogen functional groups attached to an aromatic ring is 1. The van der Waals surface area contributed by atoms with Gasteiger partial charge in [0.2, 0.25) is 5.91 Å². The molecule has 1 fully saturated rings. The number of hydrogen-bond acceptors (Lipinski definition) is 4. The molecule has 0 saturated carbocycles. The average molecular weight is 356 g/mol. The van der Waals surface area contributed by atoms with E-state index >= 15 is 0 Å². The fourth-order valence-electron chi connectivity index (χ4n) is 3.00. The predicted molar refractivity (Wildman–Crippen MR) is 107 cm³/mol. The Bertz CT molecular complexity index is 714. The number of thioether (sulfide) groups is 1. The largest absolute Gasteiger partial charge is 0.399 e. The zero-order valence-electron chi connectivity index (χ0n) is 14.4. The Balaban J connectivity index is 1.58. The maximum atomic E-state index is 12.4. The highest BCUT2D eigenvalue weighted by Crippen LogP contribution is 2.20. The van der Waals surface area contributed by atoms with E-state index < -0.39 is 0 Å². The van der Waals surface area contributed by atoms with Crippen LogP contribution in [-0.4, -0.2) is 35.4 Å². The van der Waals surface area contributed by atoms with Gasteiger partial charge in [-0.3, -0.25) is 9.69 Å². The first-order valence-corrected chi connectivity index (χ1v) is 9.89. The molecule has 25 heavy (non-hydrogen) atoms. The Morgan fingerprint density at radius 3 is 2.48 bits per heavy atom. The van der Waals surface area contributed by atoms with Crippen LogP contribution in [0.25, 0.3) is 0 Å². The van der Waals surface area contributed by atoms with Crippen LogP contribution in [0.3, 0.4) is 0 Å². The van der Waals surface area contributed by atoms with Crippen molar-refractivity contribution in [2.24, 2.45) is 0 Å². The lowest BCUT2D eigenvalue weighted by Crippen LogP contribution is -2.32. The van der Waals surface area contributed by atoms with Gasteiger partial charge in [-0.05, 0) is 29.7 Å². The molecule has 0 aromatic heterocycles. The zero-order chi connectivity index (χ0) is 17.5. The van der Waals surface area contributed by atoms with Crippen LogP contribution >= 0.6 is 11.8 Å². The number of rotatable bonds is 6. The van der Waals surface area contributed by atoms with Crippen LogP contribution in [0.5, 0.6) is 0 Å². The standard InChI is InChI=1S/C20H25N3OS/c21-18-7-3-1-5-16(18)9-10-20(24)22-19-8-4-2-6-17(19)15-23-11-13-25-14-12-23/h1-8H,9-15,21H2,(H,22,24). The molecule has 1 amide bonds. The summed E-state index contributed by atoms with van der Waals surface area (Å²) >= 11 is 2.01. The van der Waals surface area contributed by atoms with Gasteiger partial charge in [0.05, 0.1) is 0 Å². The van der Waals surface area contributed by atoms with Gasteiger partial charge in [0.25, 0.3) is 0 Å². The molecule has 3 rings (SSSR count). The van der Waals surface area contributed by atoms with Crippen molar-refractivity contribution in [2.75, 3.05) is 35.6 Å². The second-order valence-corrected chi connectivity index (χ2v) is 7.52. The quantitative estimate of drug-likeness (QED) is 0.780. The van der Waals surface area contributed by atoms with Gasteiger partial charge < -0.3 is 11.1 Å². The van der Waals surface area contributed by atoms with Crippen molar-refractivity contribution in [3.05, 3.63) is 59.7 Å². The molecule has 5 heteroatoms. The summed E-state index contributed by atoms with van der Waals surface area (Å²) in [4.78, 5) is 14.8. The molecule has 1 heterocycles. The number of carbonyl (C=O) groups is 1. The SMILES string of the molecule is Nc1ccccc1CCC(=O)Nc1ccccc1CN1CCSCC1. The van der Waals surface area contributed by atoms with E-state index in [0.29, 0.717) is 12.8 Å². The maximum absolute atomic E-state index is 12.4. The molecule has 4 nitrogen and oxygen atoms in total. The van der Waals surface area contributed by atoms with Crippen LogP contribution < -0.4 is 11.1 Å². The van der Waals surface area contributed by atoms with Crippen molar-refractivity contribution in [1.29, 1.82) is 0 Å². The molecule has 2 aromatic carbocycles. The summed E-state index contributed by atoms with van der Waals surface area (Å²) < 4.78 is 0. The van der Waals surface area contributed by atoms with Gasteiger partial charge >= 0.3 is 0 Å². The molecule has 1 aliphatic rings. The van der Waals surface area contributed by atoms with Crippen molar-refractivity contribution in [3.8, 4) is 0 Å². The van der Waals surface area contributed by atoms with Crippen LogP contribution in [0.1, 0.15) is 17.5 Å². The summed E-state index contributed by atoms with van der Waals surface area (Å²) in [5.74, 6) is 2.41. The number of nitrogens with two attached hydrogens (primary N) is 1. The number of nitrogens with zero attached hydrogens (tertiary/aromatic N) is 1. The van der Waals surface area contributed by atoms with Gasteiger partial charge in [0, 0.05) is 48.9 Å². The first kappa shape index (κ1) is 17.8. The molecule has 0 spiro atoms. The second-order valence-electron chi connectivity index (χ2n) is 6.29. The van der Waals surface area contributed by atoms with E-state index in [1.54, 1.807) is 0 Å². The van der Waals surface area contributed by atoms with Gasteiger partial charge in [-0.2, -0.15) is 11.8 Å². The first-order valence-electron chi connectivity index (χ1n) is 8.73. The molecular formula is C20H25N3OS. The van der Waals surface area contributed by atoms with Crippen LogP contribution in [0.15, 0.2) is 48.5 Å². The number of anilines is 2. The summed E-state index contributed by atoms with van der Waals surface area (Å²) in [6.45, 7) is 3.11. The van der Waals surface area contributed by atoms with Crippen LogP contribution in [0, 0.1) is 0 Å². The number of hydrogen-bond donors (Lipinski definition) is 2. The zero-order valence-corrected chi connectivity index (χ0v) is 15.2. The van der Waals surface area contributed by atoms with Gasteiger partial charge in [-0.15, -0.1) is 0 Å². The fraction of sp³-hybridized carbons (Fsp3) is 0.350. The third-order valence-corrected chi connectivity index (χ3v) is 5.41. The maximum Gasteiger partial charge on any atom is 0.224 e. The molecule has 0 atom stereocenters. The summed E-state index contributed by atoms with van der Waals surface area (Å²) in [7, 11) is 0. The lowest BCUT2D eigenvalue weighted by molar-refractivity contribution is -0.116. The number of nitrogens with one attached hydrogen (secondary N) is 1. The van der Waals surface area contributed by atoms with Crippen LogP contribution in [0.4, 0.5) is 11.4 Å². The average Bonchev–Trinajstić information content (AvgIpc) is 2.64. The predicted octanol–water partition coefficient (Wildman–Crippen LogP) is 3.39. The highest BCUT2D eigenvalue weighted by atomic mass is 32.2. The second kappa shape index (κ2) is 8.92. The van der Waals surface area contributed by atoms with Crippen molar-refractivity contribution >= 4 is 29.0 Å². The molecular weight excluding hydrogens is 330 g/mol. The van der Waals surface area contributed by atoms with Gasteiger partial charge in [0.15, 0.2) is 0 Å². The van der Waals surface area contributed by atoms with Crippen molar-refractivity contribution in [3.63, 3.8) is 0 Å². The summed E-state index contributed by atoms with van der Waals surface area (Å²) in [6, 6.07) is 15.8. The Labute approximate surface area is 153 Å². The molecule has 1 aliphatic heterocycles. The first-order chi connectivity index (χ1) is 12.2. The van der Waals surface area contributed by atoms with Gasteiger partial charge in [0.1, 0.15) is 0 Å². The molecule has 3 N–H and O–H groups in total. The smallest absolute Gasteiger partial charge is 0.224 e. The summed E-state index contributed by atoms with van der Waals surface area (Å²) in [6.07, 6.45) is 1.09. The molecule has 0 unspecified atom stereocenters. The van der Waals surface area contributed by atoms with E-state index in [-0.39, 0.29) is 5.91 Å². The highest BCUT2D eigenvalue weighted by Gasteiger charge is 2.14. The molecule has 0 aliphatic carbocycles. The Kier molecular flexibility index (Phi) is 6.36. The lowest BCUT2D eigenvalue weighted by atomic mass is 10.1. The minimum atomic E-state index is 0.0323. The van der Waals surface area contributed by atoms with Gasteiger partial charge in [-0.1, -0.05) is 36.4 Å². The lowest BCUT2D eigenvalue weighted by Gasteiger charge is -2.27. The molecule has 2 aromatic rings. The van der Waals surface area contributed by atoms with Crippen molar-refractivity contribution in [1.82, 2.24) is 4.90 Å². The third-order valence-electron chi connectivity index (χ3n) is 4.47. The van der Waals surface area contributed by atoms with Crippen LogP contribution in [0.2, 0.25) is 0 Å². The van der Waals surface area contributed by atoms with E-state index in [1.165, 1.54) is 17.1 Å². The number of carbonyl (C=O) groups excluding carboxylic acids is 1. The van der Waals surface area contributed by atoms with Crippen molar-refractivity contribution < 1.29 is 4.79 Å². The molecule has 1 saturated heterocycles. The molecule has 0 bridgehead atoms. The fourth-order valence-corrected chi connectivity index (χ4v) is 3.98. The number of benzene rings is 2. The summed E-state index contributed by atoms with van der Waals surface area (Å²) in [5.41, 5.74) is 9.83. The third kappa shape index (κ3) is 5.25. The van der Waals surface area contributed by atoms with Gasteiger partial charge in [-0.25, -0.2) is 0 Å². The van der Waals surface area contributed by atoms with E-state index in [2.05, 4.69) is 16.3 Å². The van der Waals surface area contributed by atoms with E-state index in [0.717, 1.165) is 36.6 Å². The van der Waals surface area contributed by atoms with E-state index in [9.17, 15) is 4.79 Å². The van der Waals surface area contributed by atoms with E-state index in [1.807, 2.05) is 54.2 Å². The minimum Gasteiger partial charge on any atom is -0.399 e. The Hall–Kier alpha value is -1.98. The molecule has 132 valence electrons. The Morgan fingerprint density at radius 2 is 1.72 bits per heavy atom. The normalized spacial score (nSPS) is 15.0. The monoisotopic (exact) mass is 355 g/mol. The summed E-state index contributed by atoms with van der Waals surface area (Å²) in [5, 5.41) is 3.08. The highest BCUT2D eigenvalue weighted by molar-refractivity contribution is 7.99. The molecule has 0 radical (unpaired) electrons. The van der Waals surface area contributed by atoms with Crippen molar-refractivity contribution in [2.45, 2.75) is 19.4 Å². The van der Waals surface area contributed by atoms with E-state index in [4.69, 9.17) is 5.73 Å². The topological polar surface area (TPSA) is 58.4 Å². The van der Waals surface area contributed by atoms with Crippen LogP contribution in [-0.2, 0) is 17.8 Å².